The van der Waals surface area contributed by atoms with E-state index in [0.29, 0.717) is 0 Å². The predicted molar refractivity (Wildman–Crippen MR) is 35.6 cm³/mol. The highest BCUT2D eigenvalue weighted by Crippen LogP contribution is 2.51. The van der Waals surface area contributed by atoms with Crippen LogP contribution in [0.5, 0.6) is 0 Å². The molecule has 1 aliphatic heterocycles. The van der Waals surface area contributed by atoms with E-state index in [9.17, 15) is 5.11 Å². The molecule has 0 amide bonds. The Hall–Kier alpha value is -0.840. The second-order valence-corrected chi connectivity index (χ2v) is 2.57. The fraction of sp³-hybridized carbons (Fsp3) is 0.429. The summed E-state index contributed by atoms with van der Waals surface area (Å²) >= 11 is 0. The molecule has 2 rings (SSSR count). The molecule has 2 aliphatic rings. The largest absolute Gasteiger partial charge is 0.508 e. The highest BCUT2D eigenvalue weighted by Gasteiger charge is 2.70. The number of aliphatic hydroxyl groups excluding tert-OH is 1. The van der Waals surface area contributed by atoms with Gasteiger partial charge in [-0.1, -0.05) is 0 Å². The number of fused-ring (bicyclic) bond motifs is 1. The van der Waals surface area contributed by atoms with E-state index in [1.165, 1.54) is 25.3 Å². The Morgan fingerprint density at radius 1 is 1.64 bits per heavy atom. The van der Waals surface area contributed by atoms with Crippen molar-refractivity contribution in [3.8, 4) is 0 Å². The Kier molecular flexibility index (Phi) is 1.03. The zero-order valence-electron chi connectivity index (χ0n) is 5.94. The summed E-state index contributed by atoms with van der Waals surface area (Å²) in [6.07, 6.45) is 4.04. The number of hydrogen-bond acceptors (Lipinski definition) is 4. The van der Waals surface area contributed by atoms with E-state index >= 15 is 0 Å². The van der Waals surface area contributed by atoms with Crippen LogP contribution in [0.4, 0.5) is 0 Å². The minimum absolute atomic E-state index is 0.0361. The zero-order chi connectivity index (χ0) is 8.11. The summed E-state index contributed by atoms with van der Waals surface area (Å²) in [5.41, 5.74) is 0. The maximum absolute atomic E-state index is 9.43. The lowest BCUT2D eigenvalue weighted by atomic mass is 10.1. The molecule has 0 aromatic rings. The van der Waals surface area contributed by atoms with Crippen LogP contribution in [0.1, 0.15) is 0 Å². The molecule has 1 heterocycles. The molecule has 0 saturated carbocycles. The standard InChI is InChI=1S/C7H8O4/c1-10-7-4-5(8)2-3-6(7,9)11-7/h2-4,8-9H,1H3. The van der Waals surface area contributed by atoms with Gasteiger partial charge in [-0.3, -0.25) is 4.74 Å². The Morgan fingerprint density at radius 3 is 2.91 bits per heavy atom. The summed E-state index contributed by atoms with van der Waals surface area (Å²) in [5, 5.41) is 18.4. The first-order chi connectivity index (χ1) is 5.12. The average Bonchev–Trinajstić information content (AvgIpc) is 2.57. The third kappa shape index (κ3) is 0.686. The van der Waals surface area contributed by atoms with Crippen molar-refractivity contribution < 1.29 is 19.7 Å². The SMILES string of the molecule is COC12C=C(O)C=CC1(O)O2. The Balaban J connectivity index is 2.35. The van der Waals surface area contributed by atoms with Crippen molar-refractivity contribution in [2.24, 2.45) is 0 Å². The van der Waals surface area contributed by atoms with E-state index in [2.05, 4.69) is 0 Å². The molecule has 1 fully saturated rings. The van der Waals surface area contributed by atoms with Gasteiger partial charge < -0.3 is 14.9 Å². The van der Waals surface area contributed by atoms with E-state index < -0.39 is 11.6 Å². The van der Waals surface area contributed by atoms with Crippen LogP contribution in [-0.2, 0) is 9.47 Å². The molecular formula is C7H8O4. The summed E-state index contributed by atoms with van der Waals surface area (Å²) < 4.78 is 9.75. The first-order valence-electron chi connectivity index (χ1n) is 3.21. The second-order valence-electron chi connectivity index (χ2n) is 2.57. The third-order valence-corrected chi connectivity index (χ3v) is 1.89. The van der Waals surface area contributed by atoms with Gasteiger partial charge in [0.2, 0.25) is 5.79 Å². The molecule has 0 bridgehead atoms. The molecule has 2 unspecified atom stereocenters. The lowest BCUT2D eigenvalue weighted by Crippen LogP contribution is -2.26. The minimum Gasteiger partial charge on any atom is -0.508 e. The van der Waals surface area contributed by atoms with Gasteiger partial charge in [0.1, 0.15) is 5.76 Å². The fourth-order valence-corrected chi connectivity index (χ4v) is 1.18. The topological polar surface area (TPSA) is 62.2 Å². The van der Waals surface area contributed by atoms with Crippen LogP contribution in [0.15, 0.2) is 24.0 Å². The predicted octanol–water partition coefficient (Wildman–Crippen LogP) is 0.0596. The molecule has 2 atom stereocenters. The van der Waals surface area contributed by atoms with Gasteiger partial charge in [0.15, 0.2) is 0 Å². The molecule has 0 aromatic carbocycles. The van der Waals surface area contributed by atoms with E-state index in [0.717, 1.165) is 0 Å². The van der Waals surface area contributed by atoms with Gasteiger partial charge in [0.05, 0.1) is 0 Å². The van der Waals surface area contributed by atoms with Gasteiger partial charge in [-0.15, -0.1) is 0 Å². The molecular weight excluding hydrogens is 148 g/mol. The Labute approximate surface area is 63.4 Å². The van der Waals surface area contributed by atoms with Crippen molar-refractivity contribution in [3.63, 3.8) is 0 Å². The number of allylic oxidation sites excluding steroid dienone is 1. The van der Waals surface area contributed by atoms with E-state index in [-0.39, 0.29) is 5.76 Å². The van der Waals surface area contributed by atoms with Crippen LogP contribution < -0.4 is 0 Å². The average molecular weight is 156 g/mol. The third-order valence-electron chi connectivity index (χ3n) is 1.89. The molecule has 4 heteroatoms. The fourth-order valence-electron chi connectivity index (χ4n) is 1.18. The molecule has 0 aromatic heterocycles. The van der Waals surface area contributed by atoms with Crippen LogP contribution in [-0.4, -0.2) is 28.9 Å². The monoisotopic (exact) mass is 156 g/mol. The molecule has 1 saturated heterocycles. The summed E-state index contributed by atoms with van der Waals surface area (Å²) in [4.78, 5) is 0. The van der Waals surface area contributed by atoms with E-state index in [1.807, 2.05) is 0 Å². The van der Waals surface area contributed by atoms with Crippen molar-refractivity contribution in [1.29, 1.82) is 0 Å². The molecule has 2 N–H and O–H groups in total. The summed E-state index contributed by atoms with van der Waals surface area (Å²) in [6, 6.07) is 0. The van der Waals surface area contributed by atoms with Crippen molar-refractivity contribution in [2.45, 2.75) is 11.6 Å². The minimum atomic E-state index is -1.37. The van der Waals surface area contributed by atoms with Crippen molar-refractivity contribution >= 4 is 0 Å². The zero-order valence-corrected chi connectivity index (χ0v) is 5.94. The normalized spacial score (nSPS) is 46.5. The summed E-state index contributed by atoms with van der Waals surface area (Å²) in [6.45, 7) is 0. The molecule has 0 spiro atoms. The highest BCUT2D eigenvalue weighted by atomic mass is 16.9. The van der Waals surface area contributed by atoms with E-state index in [4.69, 9.17) is 14.6 Å². The number of aliphatic hydroxyl groups is 2. The summed E-state index contributed by atoms with van der Waals surface area (Å²) in [7, 11) is 1.40. The number of ether oxygens (including phenoxy) is 2. The van der Waals surface area contributed by atoms with Gasteiger partial charge in [0, 0.05) is 13.2 Å². The molecule has 1 aliphatic carbocycles. The van der Waals surface area contributed by atoms with Crippen LogP contribution in [0.3, 0.4) is 0 Å². The van der Waals surface area contributed by atoms with Gasteiger partial charge in [0.25, 0.3) is 5.79 Å². The van der Waals surface area contributed by atoms with Crippen molar-refractivity contribution in [3.05, 3.63) is 24.0 Å². The van der Waals surface area contributed by atoms with Crippen molar-refractivity contribution in [1.82, 2.24) is 0 Å². The number of methoxy groups -OCH3 is 1. The quantitative estimate of drug-likeness (QED) is 0.527. The molecule has 0 radical (unpaired) electrons. The smallest absolute Gasteiger partial charge is 0.254 e. The molecule has 11 heavy (non-hydrogen) atoms. The second kappa shape index (κ2) is 1.66. The number of rotatable bonds is 1. The highest BCUT2D eigenvalue weighted by molar-refractivity contribution is 5.34. The van der Waals surface area contributed by atoms with Crippen LogP contribution >= 0.6 is 0 Å². The maximum atomic E-state index is 9.43. The van der Waals surface area contributed by atoms with Gasteiger partial charge in [-0.2, -0.15) is 0 Å². The van der Waals surface area contributed by atoms with E-state index in [1.54, 1.807) is 0 Å². The first kappa shape index (κ1) is 6.84. The van der Waals surface area contributed by atoms with Crippen LogP contribution in [0.25, 0.3) is 0 Å². The van der Waals surface area contributed by atoms with Gasteiger partial charge >= 0.3 is 0 Å². The number of epoxide rings is 1. The lowest BCUT2D eigenvalue weighted by Gasteiger charge is -2.10. The number of hydrogen-bond donors (Lipinski definition) is 2. The first-order valence-corrected chi connectivity index (χ1v) is 3.21. The lowest BCUT2D eigenvalue weighted by molar-refractivity contribution is 0.0238. The maximum Gasteiger partial charge on any atom is 0.254 e. The van der Waals surface area contributed by atoms with Crippen molar-refractivity contribution in [2.75, 3.05) is 7.11 Å². The molecule has 60 valence electrons. The summed E-state index contributed by atoms with van der Waals surface area (Å²) in [5.74, 6) is -2.48. The van der Waals surface area contributed by atoms with Gasteiger partial charge in [-0.05, 0) is 12.2 Å². The van der Waals surface area contributed by atoms with Crippen LogP contribution in [0, 0.1) is 0 Å². The van der Waals surface area contributed by atoms with Gasteiger partial charge in [-0.25, -0.2) is 0 Å². The van der Waals surface area contributed by atoms with Crippen LogP contribution in [0.2, 0.25) is 0 Å². The molecule has 4 nitrogen and oxygen atoms in total. The Bertz CT molecular complexity index is 257. The Morgan fingerprint density at radius 2 is 2.36 bits per heavy atom.